The zero-order valence-corrected chi connectivity index (χ0v) is 9.86. The van der Waals surface area contributed by atoms with Gasteiger partial charge in [0, 0.05) is 24.5 Å². The number of aliphatic hydroxyl groups is 1. The van der Waals surface area contributed by atoms with Gasteiger partial charge in [0.05, 0.1) is 5.60 Å². The lowest BCUT2D eigenvalue weighted by Crippen LogP contribution is -2.45. The van der Waals surface area contributed by atoms with Gasteiger partial charge in [0.1, 0.15) is 0 Å². The van der Waals surface area contributed by atoms with Gasteiger partial charge in [-0.3, -0.25) is 4.98 Å². The molecule has 1 heterocycles. The first kappa shape index (κ1) is 12.1. The number of nitrogens with zero attached hydrogens (tertiary/aromatic N) is 1. The van der Waals surface area contributed by atoms with Crippen LogP contribution in [0.2, 0.25) is 0 Å². The Morgan fingerprint density at radius 2 is 2.07 bits per heavy atom. The Bertz CT molecular complexity index is 292. The molecule has 1 rings (SSSR count). The number of rotatable bonds is 4. The number of hydrogen-bond donors (Lipinski definition) is 2. The van der Waals surface area contributed by atoms with E-state index < -0.39 is 5.60 Å². The first-order valence-corrected chi connectivity index (χ1v) is 5.29. The second kappa shape index (κ2) is 4.73. The summed E-state index contributed by atoms with van der Waals surface area (Å²) in [5.41, 5.74) is 0.421. The van der Waals surface area contributed by atoms with Crippen LogP contribution in [0.15, 0.2) is 24.5 Å². The van der Waals surface area contributed by atoms with E-state index in [9.17, 15) is 5.11 Å². The molecule has 0 fully saturated rings. The van der Waals surface area contributed by atoms with Crippen molar-refractivity contribution in [1.82, 2.24) is 10.3 Å². The fraction of sp³-hybridized carbons (Fsp3) is 0.583. The summed E-state index contributed by atoms with van der Waals surface area (Å²) < 4.78 is 0. The maximum absolute atomic E-state index is 9.80. The summed E-state index contributed by atoms with van der Waals surface area (Å²) in [6, 6.07) is 4.18. The second-order valence-electron chi connectivity index (χ2n) is 4.55. The molecule has 0 saturated heterocycles. The molecule has 2 atom stereocenters. The molecular weight excluding hydrogens is 188 g/mol. The monoisotopic (exact) mass is 208 g/mol. The molecule has 0 bridgehead atoms. The molecule has 0 amide bonds. The lowest BCUT2D eigenvalue weighted by Gasteiger charge is -2.29. The van der Waals surface area contributed by atoms with E-state index in [-0.39, 0.29) is 12.1 Å². The lowest BCUT2D eigenvalue weighted by molar-refractivity contribution is 0.0405. The summed E-state index contributed by atoms with van der Waals surface area (Å²) in [5.74, 6) is 0. The van der Waals surface area contributed by atoms with E-state index in [1.165, 1.54) is 0 Å². The number of pyridine rings is 1. The fourth-order valence-electron chi connectivity index (χ4n) is 1.31. The van der Waals surface area contributed by atoms with Crippen molar-refractivity contribution in [2.45, 2.75) is 45.4 Å². The summed E-state index contributed by atoms with van der Waals surface area (Å²) >= 11 is 0. The maximum Gasteiger partial charge on any atom is 0.0741 e. The molecule has 3 heteroatoms. The van der Waals surface area contributed by atoms with E-state index >= 15 is 0 Å². The molecule has 0 saturated carbocycles. The number of aromatic nitrogens is 1. The van der Waals surface area contributed by atoms with Crippen LogP contribution >= 0.6 is 0 Å². The molecule has 0 aromatic carbocycles. The van der Waals surface area contributed by atoms with Crippen molar-refractivity contribution in [2.24, 2.45) is 0 Å². The van der Waals surface area contributed by atoms with Gasteiger partial charge in [-0.1, -0.05) is 6.07 Å². The zero-order valence-electron chi connectivity index (χ0n) is 9.86. The molecule has 0 aliphatic rings. The first-order chi connectivity index (χ1) is 6.91. The van der Waals surface area contributed by atoms with Gasteiger partial charge in [-0.05, 0) is 39.3 Å². The Balaban J connectivity index is 2.61. The molecule has 1 unspecified atom stereocenters. The molecule has 0 radical (unpaired) electrons. The quantitative estimate of drug-likeness (QED) is 0.794. The summed E-state index contributed by atoms with van der Waals surface area (Å²) in [7, 11) is 0. The third-order valence-electron chi connectivity index (χ3n) is 2.74. The highest BCUT2D eigenvalue weighted by Crippen LogP contribution is 2.15. The molecule has 0 aliphatic heterocycles. The topological polar surface area (TPSA) is 45.2 Å². The van der Waals surface area contributed by atoms with E-state index in [2.05, 4.69) is 17.2 Å². The van der Waals surface area contributed by atoms with Gasteiger partial charge in [0.25, 0.3) is 0 Å². The van der Waals surface area contributed by atoms with Crippen LogP contribution in [-0.4, -0.2) is 21.7 Å². The average Bonchev–Trinajstić information content (AvgIpc) is 2.17. The van der Waals surface area contributed by atoms with Crippen LogP contribution in [0.3, 0.4) is 0 Å². The normalized spacial score (nSPS) is 16.1. The van der Waals surface area contributed by atoms with Gasteiger partial charge >= 0.3 is 0 Å². The number of nitrogens with one attached hydrogen (secondary N) is 1. The van der Waals surface area contributed by atoms with Gasteiger partial charge in [-0.15, -0.1) is 0 Å². The number of hydrogen-bond acceptors (Lipinski definition) is 3. The fourth-order valence-corrected chi connectivity index (χ4v) is 1.31. The predicted octanol–water partition coefficient (Wildman–Crippen LogP) is 1.89. The molecule has 0 spiro atoms. The predicted molar refractivity (Wildman–Crippen MR) is 61.5 cm³/mol. The van der Waals surface area contributed by atoms with Gasteiger partial charge in [0.15, 0.2) is 0 Å². The van der Waals surface area contributed by atoms with Crippen LogP contribution in [0.25, 0.3) is 0 Å². The minimum atomic E-state index is -0.712. The third-order valence-corrected chi connectivity index (χ3v) is 2.74. The van der Waals surface area contributed by atoms with Crippen molar-refractivity contribution >= 4 is 0 Å². The molecule has 3 nitrogen and oxygen atoms in total. The molecule has 1 aromatic rings. The van der Waals surface area contributed by atoms with Crippen molar-refractivity contribution in [2.75, 3.05) is 0 Å². The summed E-state index contributed by atoms with van der Waals surface area (Å²) in [6.45, 7) is 7.66. The highest BCUT2D eigenvalue weighted by Gasteiger charge is 2.23. The zero-order chi connectivity index (χ0) is 11.5. The van der Waals surface area contributed by atoms with Crippen LogP contribution in [0.1, 0.15) is 39.3 Å². The second-order valence-corrected chi connectivity index (χ2v) is 4.55. The van der Waals surface area contributed by atoms with Crippen molar-refractivity contribution < 1.29 is 5.11 Å². The standard InChI is InChI=1S/C12H20N2O/c1-9(11-6-5-7-13-8-11)14-10(2)12(3,4)15/h5-10,14-15H,1-4H3/t9-,10?/m0/s1. The lowest BCUT2D eigenvalue weighted by atomic mass is 9.99. The SMILES string of the molecule is CC(N[C@@H](C)c1cccnc1)C(C)(C)O. The van der Waals surface area contributed by atoms with E-state index in [4.69, 9.17) is 0 Å². The Labute approximate surface area is 91.5 Å². The van der Waals surface area contributed by atoms with Crippen LogP contribution in [-0.2, 0) is 0 Å². The largest absolute Gasteiger partial charge is 0.389 e. The Morgan fingerprint density at radius 3 is 2.53 bits per heavy atom. The van der Waals surface area contributed by atoms with E-state index in [1.54, 1.807) is 20.0 Å². The molecule has 2 N–H and O–H groups in total. The van der Waals surface area contributed by atoms with Crippen LogP contribution in [0, 0.1) is 0 Å². The van der Waals surface area contributed by atoms with Crippen molar-refractivity contribution in [1.29, 1.82) is 0 Å². The minimum absolute atomic E-state index is 0.0349. The van der Waals surface area contributed by atoms with Gasteiger partial charge in [0.2, 0.25) is 0 Å². The van der Waals surface area contributed by atoms with E-state index in [1.807, 2.05) is 25.3 Å². The molecule has 15 heavy (non-hydrogen) atoms. The van der Waals surface area contributed by atoms with Crippen molar-refractivity contribution in [3.8, 4) is 0 Å². The van der Waals surface area contributed by atoms with Crippen LogP contribution < -0.4 is 5.32 Å². The van der Waals surface area contributed by atoms with E-state index in [0.717, 1.165) is 5.56 Å². The van der Waals surface area contributed by atoms with Crippen molar-refractivity contribution in [3.05, 3.63) is 30.1 Å². The summed E-state index contributed by atoms with van der Waals surface area (Å²) in [6.07, 6.45) is 3.60. The highest BCUT2D eigenvalue weighted by molar-refractivity contribution is 5.13. The molecule has 1 aromatic heterocycles. The summed E-state index contributed by atoms with van der Waals surface area (Å²) in [5, 5.41) is 13.1. The highest BCUT2D eigenvalue weighted by atomic mass is 16.3. The van der Waals surface area contributed by atoms with Crippen molar-refractivity contribution in [3.63, 3.8) is 0 Å². The summed E-state index contributed by atoms with van der Waals surface area (Å²) in [4.78, 5) is 4.07. The van der Waals surface area contributed by atoms with Crippen LogP contribution in [0.4, 0.5) is 0 Å². The molecular formula is C12H20N2O. The Morgan fingerprint density at radius 1 is 1.40 bits per heavy atom. The van der Waals surface area contributed by atoms with Gasteiger partial charge in [-0.25, -0.2) is 0 Å². The average molecular weight is 208 g/mol. The van der Waals surface area contributed by atoms with Crippen LogP contribution in [0.5, 0.6) is 0 Å². The van der Waals surface area contributed by atoms with Gasteiger partial charge in [-0.2, -0.15) is 0 Å². The van der Waals surface area contributed by atoms with Gasteiger partial charge < -0.3 is 10.4 Å². The maximum atomic E-state index is 9.80. The molecule has 0 aliphatic carbocycles. The first-order valence-electron chi connectivity index (χ1n) is 5.29. The molecule has 84 valence electrons. The Hall–Kier alpha value is -0.930. The smallest absolute Gasteiger partial charge is 0.0741 e. The third kappa shape index (κ3) is 3.61. The Kier molecular flexibility index (Phi) is 3.83. The minimum Gasteiger partial charge on any atom is -0.389 e. The van der Waals surface area contributed by atoms with E-state index in [0.29, 0.717) is 0 Å².